The molecular weight excluding hydrogens is 1190 g/mol. The smallest absolute Gasteiger partial charge is 0.298 e. The van der Waals surface area contributed by atoms with E-state index in [2.05, 4.69) is 9.64 Å². The third kappa shape index (κ3) is 18.0. The van der Waals surface area contributed by atoms with E-state index in [1.54, 1.807) is 91.0 Å². The number of ether oxygens (including phenoxy) is 1. The van der Waals surface area contributed by atoms with Crippen LogP contribution in [-0.4, -0.2) is 119 Å². The highest BCUT2D eigenvalue weighted by atomic mass is 16.5. The molecule has 0 atom stereocenters. The summed E-state index contributed by atoms with van der Waals surface area (Å²) in [6, 6.07) is 52.4. The normalized spacial score (nSPS) is 10.2. The summed E-state index contributed by atoms with van der Waals surface area (Å²) in [4.78, 5) is 74.8. The predicted molar refractivity (Wildman–Crippen MR) is 349 cm³/mol. The Bertz CT molecular complexity index is 4230. The molecule has 0 aliphatic carbocycles. The van der Waals surface area contributed by atoms with E-state index in [1.165, 1.54) is 109 Å². The lowest BCUT2D eigenvalue weighted by atomic mass is 10.0. The molecule has 13 N–H and O–H groups in total. The number of benzene rings is 10. The molecule has 21 nitrogen and oxygen atoms in total. The van der Waals surface area contributed by atoms with Crippen molar-refractivity contribution >= 4 is 52.5 Å². The van der Waals surface area contributed by atoms with Crippen molar-refractivity contribution in [3.05, 3.63) is 268 Å². The van der Waals surface area contributed by atoms with E-state index in [4.69, 9.17) is 10.8 Å². The van der Waals surface area contributed by atoms with Gasteiger partial charge in [0, 0.05) is 74.6 Å². The van der Waals surface area contributed by atoms with Crippen LogP contribution in [0.15, 0.2) is 212 Å². The first kappa shape index (κ1) is 69.3. The lowest BCUT2D eigenvalue weighted by molar-refractivity contribution is -0.120. The molecule has 476 valence electrons. The minimum Gasteiger partial charge on any atom is -0.508 e. The Morgan fingerprint density at radius 1 is 0.344 bits per heavy atom. The number of ketones is 5. The number of para-hydroxylation sites is 5. The lowest BCUT2D eigenvalue weighted by Crippen LogP contribution is -2.21. The Balaban J connectivity index is 0.000000185. The topological polar surface area (TPSA) is 367 Å². The third-order valence-corrected chi connectivity index (χ3v) is 13.7. The summed E-state index contributed by atoms with van der Waals surface area (Å²) in [6.07, 6.45) is 0. The second-order valence-electron chi connectivity index (χ2n) is 20.1. The van der Waals surface area contributed by atoms with Gasteiger partial charge in [0.1, 0.15) is 69.0 Å². The number of hydrogen-bond donors (Lipinski definition) is 12. The number of carbonyl (C=O) groups excluding carboxylic acids is 6. The van der Waals surface area contributed by atoms with Crippen molar-refractivity contribution in [2.24, 2.45) is 0 Å². The second kappa shape index (κ2) is 32.4. The van der Waals surface area contributed by atoms with E-state index in [1.807, 2.05) is 32.8 Å². The van der Waals surface area contributed by atoms with Crippen molar-refractivity contribution in [2.75, 3.05) is 42.7 Å². The molecule has 0 aliphatic rings. The van der Waals surface area contributed by atoms with Crippen LogP contribution in [0.25, 0.3) is 0 Å². The zero-order chi connectivity index (χ0) is 68.1. The van der Waals surface area contributed by atoms with Crippen LogP contribution in [0, 0.1) is 0 Å². The van der Waals surface area contributed by atoms with Crippen LogP contribution in [0.2, 0.25) is 0 Å². The molecule has 0 aromatic heterocycles. The maximum Gasteiger partial charge on any atom is 0.298 e. The van der Waals surface area contributed by atoms with Crippen LogP contribution in [0.3, 0.4) is 0 Å². The van der Waals surface area contributed by atoms with Crippen LogP contribution in [0.5, 0.6) is 69.0 Å². The standard InChI is InChI=1S/C17H19NO3.C15H15NO3.C14H10O5.C13H11NO3.C13H10O4/c1-3-18(4-2)12-9-10-14(16(20)11-12)17(21)13-7-5-6-8-15(13)19;1-16(2)10-7-8-12(14(18)9-10)15(19)11-5-3-4-6-13(11)17;15-8-19-9-5-6-11(13(17)7-9)14(18)10-3-1-2-4-12(10)16;2*14-8-5-6-10(12(16)7-8)13(17)9-3-1-2-4-11(9)15/h5-11,19-20H,3-4H2,1-2H3;3-9,17-18H,1-2H3;1-8,16-17H;1-7,15-16H,14H2;1-7,14-16H. The van der Waals surface area contributed by atoms with E-state index in [-0.39, 0.29) is 131 Å². The summed E-state index contributed by atoms with van der Waals surface area (Å²) in [5.74, 6) is -3.89. The first-order chi connectivity index (χ1) is 44.4. The van der Waals surface area contributed by atoms with Gasteiger partial charge in [0.15, 0.2) is 28.9 Å². The van der Waals surface area contributed by atoms with Gasteiger partial charge in [-0.25, -0.2) is 0 Å². The Hall–Kier alpha value is -12.8. The number of aromatic hydroxyl groups is 11. The van der Waals surface area contributed by atoms with Gasteiger partial charge < -0.3 is 76.4 Å². The van der Waals surface area contributed by atoms with Crippen LogP contribution in [0.4, 0.5) is 17.1 Å². The highest BCUT2D eigenvalue weighted by molar-refractivity contribution is 6.15. The van der Waals surface area contributed by atoms with Crippen molar-refractivity contribution in [1.82, 2.24) is 0 Å². The lowest BCUT2D eigenvalue weighted by Gasteiger charge is -2.21. The van der Waals surface area contributed by atoms with E-state index in [0.717, 1.165) is 36.6 Å². The molecule has 10 aromatic rings. The molecule has 0 heterocycles. The van der Waals surface area contributed by atoms with Gasteiger partial charge in [0.05, 0.1) is 55.6 Å². The van der Waals surface area contributed by atoms with Crippen molar-refractivity contribution in [3.63, 3.8) is 0 Å². The number of nitrogens with two attached hydrogens (primary N) is 1. The SMILES string of the molecule is CCN(CC)c1ccc(C(=O)c2ccccc2O)c(O)c1.CN(C)c1ccc(C(=O)c2ccccc2O)c(O)c1.Nc1ccc(C(=O)c2ccccc2O)c(O)c1.O=C(c1ccccc1O)c1ccc(O)cc1O.O=COc1ccc(C(=O)c2ccccc2O)c(O)c1. The number of nitrogen functional groups attached to an aromatic ring is 1. The van der Waals surface area contributed by atoms with Gasteiger partial charge in [-0.3, -0.25) is 28.8 Å². The van der Waals surface area contributed by atoms with E-state index >= 15 is 0 Å². The average molecular weight is 1260 g/mol. The number of anilines is 3. The van der Waals surface area contributed by atoms with Gasteiger partial charge in [0.2, 0.25) is 0 Å². The van der Waals surface area contributed by atoms with Crippen molar-refractivity contribution in [2.45, 2.75) is 13.8 Å². The fourth-order valence-electron chi connectivity index (χ4n) is 8.83. The number of hydrogen-bond acceptors (Lipinski definition) is 21. The molecule has 93 heavy (non-hydrogen) atoms. The third-order valence-electron chi connectivity index (χ3n) is 13.7. The Kier molecular flexibility index (Phi) is 24.2. The molecular formula is C72H65N3O18. The monoisotopic (exact) mass is 1260 g/mol. The van der Waals surface area contributed by atoms with Crippen molar-refractivity contribution in [3.8, 4) is 69.0 Å². The molecule has 21 heteroatoms. The summed E-state index contributed by atoms with van der Waals surface area (Å²) in [6.45, 7) is 5.92. The van der Waals surface area contributed by atoms with Gasteiger partial charge in [-0.1, -0.05) is 60.7 Å². The number of phenols is 11. The summed E-state index contributed by atoms with van der Waals surface area (Å²) in [7, 11) is 3.69. The summed E-state index contributed by atoms with van der Waals surface area (Å²) >= 11 is 0. The molecule has 0 amide bonds. The molecule has 0 bridgehead atoms. The maximum absolute atomic E-state index is 12.4. The summed E-state index contributed by atoms with van der Waals surface area (Å²) in [5.41, 5.74) is 8.73. The molecule has 10 aromatic carbocycles. The number of carbonyl (C=O) groups is 6. The van der Waals surface area contributed by atoms with E-state index in [9.17, 15) is 79.8 Å². The Morgan fingerprint density at radius 3 is 0.925 bits per heavy atom. The minimum atomic E-state index is -0.520. The zero-order valence-electron chi connectivity index (χ0n) is 50.4. The molecule has 0 saturated carbocycles. The average Bonchev–Trinajstić information content (AvgIpc) is 1.10. The second-order valence-corrected chi connectivity index (χ2v) is 20.1. The van der Waals surface area contributed by atoms with Crippen LogP contribution in [-0.2, 0) is 4.79 Å². The van der Waals surface area contributed by atoms with Crippen LogP contribution >= 0.6 is 0 Å². The number of phenolic OH excluding ortho intramolecular Hbond substituents is 11. The quantitative estimate of drug-likeness (QED) is 0.0243. The van der Waals surface area contributed by atoms with Gasteiger partial charge in [-0.15, -0.1) is 0 Å². The van der Waals surface area contributed by atoms with Gasteiger partial charge in [-0.2, -0.15) is 0 Å². The first-order valence-corrected chi connectivity index (χ1v) is 28.2. The van der Waals surface area contributed by atoms with Gasteiger partial charge >= 0.3 is 0 Å². The Morgan fingerprint density at radius 2 is 0.624 bits per heavy atom. The van der Waals surface area contributed by atoms with Crippen molar-refractivity contribution < 1.29 is 89.7 Å². The Labute approximate surface area is 533 Å². The summed E-state index contributed by atoms with van der Waals surface area (Å²) < 4.78 is 4.55. The molecule has 0 fully saturated rings. The molecule has 10 rings (SSSR count). The maximum atomic E-state index is 12.4. The predicted octanol–water partition coefficient (Wildman–Crippen LogP) is 11.4. The van der Waals surface area contributed by atoms with Gasteiger partial charge in [0.25, 0.3) is 6.47 Å². The summed E-state index contributed by atoms with van der Waals surface area (Å²) in [5, 5.41) is 106. The highest BCUT2D eigenvalue weighted by Gasteiger charge is 2.22. The molecule has 0 radical (unpaired) electrons. The highest BCUT2D eigenvalue weighted by Crippen LogP contribution is 2.33. The molecule has 0 spiro atoms. The van der Waals surface area contributed by atoms with Crippen LogP contribution in [0.1, 0.15) is 93.5 Å². The zero-order valence-corrected chi connectivity index (χ0v) is 50.4. The fourth-order valence-corrected chi connectivity index (χ4v) is 8.83. The first-order valence-electron chi connectivity index (χ1n) is 28.2. The number of rotatable bonds is 16. The van der Waals surface area contributed by atoms with Crippen LogP contribution < -0.4 is 20.3 Å². The van der Waals surface area contributed by atoms with E-state index in [0.29, 0.717) is 5.69 Å². The molecule has 0 saturated heterocycles. The molecule has 0 aliphatic heterocycles. The fraction of sp³-hybridized carbons (Fsp3) is 0.0833. The minimum absolute atomic E-state index is 0.0137. The largest absolute Gasteiger partial charge is 0.508 e. The van der Waals surface area contributed by atoms with Crippen molar-refractivity contribution in [1.29, 1.82) is 0 Å². The number of nitrogens with zero attached hydrogens (tertiary/aromatic N) is 2. The molecule has 0 unspecified atom stereocenters. The van der Waals surface area contributed by atoms with Gasteiger partial charge in [-0.05, 0) is 135 Å². The van der Waals surface area contributed by atoms with E-state index < -0.39 is 28.9 Å².